The zero-order valence-electron chi connectivity index (χ0n) is 22.0. The summed E-state index contributed by atoms with van der Waals surface area (Å²) < 4.78 is 17.2. The minimum absolute atomic E-state index is 0.341. The number of hydrogen-bond acceptors (Lipinski definition) is 6. The van der Waals surface area contributed by atoms with Crippen molar-refractivity contribution in [2.24, 2.45) is 11.8 Å². The fourth-order valence-corrected chi connectivity index (χ4v) is 5.70. The second-order valence-electron chi connectivity index (χ2n) is 9.53. The number of benzene rings is 4. The van der Waals surface area contributed by atoms with Crippen LogP contribution in [0.1, 0.15) is 28.5 Å². The molecule has 0 saturated heterocycles. The molecule has 0 bridgehead atoms. The first-order valence-electron chi connectivity index (χ1n) is 12.8. The predicted molar refractivity (Wildman–Crippen MR) is 148 cm³/mol. The van der Waals surface area contributed by atoms with Gasteiger partial charge in [-0.25, -0.2) is 0 Å². The van der Waals surface area contributed by atoms with E-state index in [4.69, 9.17) is 19.5 Å². The van der Waals surface area contributed by atoms with Crippen LogP contribution in [-0.4, -0.2) is 31.3 Å². The molecular formula is C33H27NO6. The molecule has 200 valence electrons. The number of para-hydroxylation sites is 3. The number of esters is 1. The summed E-state index contributed by atoms with van der Waals surface area (Å²) in [5.74, 6) is -3.35. The average Bonchev–Trinajstić information content (AvgIpc) is 2.97. The van der Waals surface area contributed by atoms with Gasteiger partial charge in [0.2, 0.25) is 0 Å². The van der Waals surface area contributed by atoms with Gasteiger partial charge in [0, 0.05) is 17.4 Å². The number of ether oxygens (including phenoxy) is 3. The lowest BCUT2D eigenvalue weighted by Gasteiger charge is -2.49. The third-order valence-electron chi connectivity index (χ3n) is 7.52. The molecule has 0 radical (unpaired) electrons. The van der Waals surface area contributed by atoms with E-state index in [2.05, 4.69) is 6.07 Å². The third kappa shape index (κ3) is 4.76. The lowest BCUT2D eigenvalue weighted by molar-refractivity contribution is -0.158. The standard InChI is InChI=1S/C33H27NO6/c1-38-25-12-6-4-10-23(25)28-30(32(35)36)29(24-11-5-7-13-26(24)39-2)31(28)33(37)40-27-14-8-3-9-22(27)21-17-15-20(19-34)16-18-21/h3-18,28-31H,1-2H3,(H,35,36)/t28-,29?,30?,31?/m0/s1. The molecule has 7 heteroatoms. The number of nitrogens with zero attached hydrogens (tertiary/aromatic N) is 1. The Bertz CT molecular complexity index is 1530. The summed E-state index contributed by atoms with van der Waals surface area (Å²) in [6.07, 6.45) is 0. The van der Waals surface area contributed by atoms with Crippen molar-refractivity contribution in [3.05, 3.63) is 114 Å². The molecule has 40 heavy (non-hydrogen) atoms. The maximum Gasteiger partial charge on any atom is 0.315 e. The molecule has 1 aliphatic rings. The molecule has 4 atom stereocenters. The third-order valence-corrected chi connectivity index (χ3v) is 7.52. The van der Waals surface area contributed by atoms with Crippen LogP contribution in [0.25, 0.3) is 11.1 Å². The lowest BCUT2D eigenvalue weighted by atomic mass is 9.52. The zero-order chi connectivity index (χ0) is 28.2. The van der Waals surface area contributed by atoms with E-state index in [-0.39, 0.29) is 0 Å². The number of carboxylic acids is 1. The number of methoxy groups -OCH3 is 2. The summed E-state index contributed by atoms with van der Waals surface area (Å²) in [5, 5.41) is 19.6. The highest BCUT2D eigenvalue weighted by molar-refractivity contribution is 5.87. The Hall–Kier alpha value is -5.09. The summed E-state index contributed by atoms with van der Waals surface area (Å²) in [7, 11) is 3.04. The number of rotatable bonds is 8. The molecule has 0 aliphatic heterocycles. The maximum absolute atomic E-state index is 14.1. The smallest absolute Gasteiger partial charge is 0.315 e. The minimum Gasteiger partial charge on any atom is -0.496 e. The summed E-state index contributed by atoms with van der Waals surface area (Å²) >= 11 is 0. The van der Waals surface area contributed by atoms with E-state index in [9.17, 15) is 14.7 Å². The fraction of sp³-hybridized carbons (Fsp3) is 0.182. The van der Waals surface area contributed by atoms with E-state index < -0.39 is 35.6 Å². The van der Waals surface area contributed by atoms with Crippen LogP contribution in [0.2, 0.25) is 0 Å². The van der Waals surface area contributed by atoms with Crippen LogP contribution in [0.15, 0.2) is 97.1 Å². The first-order chi connectivity index (χ1) is 19.5. The molecule has 1 fully saturated rings. The molecule has 1 N–H and O–H groups in total. The quantitative estimate of drug-likeness (QED) is 0.217. The lowest BCUT2D eigenvalue weighted by Crippen LogP contribution is -2.52. The van der Waals surface area contributed by atoms with Gasteiger partial charge in [-0.2, -0.15) is 5.26 Å². The molecule has 1 aliphatic carbocycles. The van der Waals surface area contributed by atoms with Crippen molar-refractivity contribution in [2.45, 2.75) is 11.8 Å². The Morgan fingerprint density at radius 3 is 1.70 bits per heavy atom. The molecular weight excluding hydrogens is 506 g/mol. The van der Waals surface area contributed by atoms with Gasteiger partial charge in [-0.15, -0.1) is 0 Å². The van der Waals surface area contributed by atoms with Gasteiger partial charge in [0.05, 0.1) is 37.7 Å². The predicted octanol–water partition coefficient (Wildman–Crippen LogP) is 6.05. The van der Waals surface area contributed by atoms with Crippen LogP contribution in [0.4, 0.5) is 0 Å². The van der Waals surface area contributed by atoms with Gasteiger partial charge in [0.15, 0.2) is 0 Å². The Kier molecular flexibility index (Phi) is 7.52. The number of nitriles is 1. The summed E-state index contributed by atoms with van der Waals surface area (Å²) in [5.41, 5.74) is 3.24. The molecule has 5 rings (SSSR count). The Labute approximate surface area is 232 Å². The summed E-state index contributed by atoms with van der Waals surface area (Å²) in [4.78, 5) is 26.8. The molecule has 0 spiro atoms. The number of carbonyl (C=O) groups is 2. The van der Waals surface area contributed by atoms with Crippen molar-refractivity contribution in [1.82, 2.24) is 0 Å². The molecule has 4 aromatic rings. The fourth-order valence-electron chi connectivity index (χ4n) is 5.70. The van der Waals surface area contributed by atoms with Crippen molar-refractivity contribution in [1.29, 1.82) is 5.26 Å². The van der Waals surface area contributed by atoms with E-state index in [1.165, 1.54) is 14.2 Å². The zero-order valence-corrected chi connectivity index (χ0v) is 22.0. The molecule has 0 heterocycles. The second-order valence-corrected chi connectivity index (χ2v) is 9.53. The van der Waals surface area contributed by atoms with Gasteiger partial charge >= 0.3 is 11.9 Å². The van der Waals surface area contributed by atoms with Gasteiger partial charge in [-0.05, 0) is 47.0 Å². The highest BCUT2D eigenvalue weighted by Crippen LogP contribution is 2.60. The number of aliphatic carboxylic acids is 1. The maximum atomic E-state index is 14.1. The van der Waals surface area contributed by atoms with E-state index in [0.717, 1.165) is 5.56 Å². The van der Waals surface area contributed by atoms with E-state index >= 15 is 0 Å². The van der Waals surface area contributed by atoms with Crippen molar-refractivity contribution in [3.63, 3.8) is 0 Å². The summed E-state index contributed by atoms with van der Waals surface area (Å²) in [6, 6.07) is 30.5. The molecule has 1 saturated carbocycles. The van der Waals surface area contributed by atoms with Gasteiger partial charge in [0.25, 0.3) is 0 Å². The van der Waals surface area contributed by atoms with Crippen LogP contribution in [0.3, 0.4) is 0 Å². The Balaban J connectivity index is 1.59. The van der Waals surface area contributed by atoms with Crippen LogP contribution in [0, 0.1) is 23.2 Å². The Morgan fingerprint density at radius 2 is 1.20 bits per heavy atom. The molecule has 3 unspecified atom stereocenters. The van der Waals surface area contributed by atoms with Crippen molar-refractivity contribution >= 4 is 11.9 Å². The average molecular weight is 534 g/mol. The topological polar surface area (TPSA) is 106 Å². The number of carbonyl (C=O) groups excluding carboxylic acids is 1. The van der Waals surface area contributed by atoms with E-state index in [1.54, 1.807) is 84.9 Å². The molecule has 0 amide bonds. The van der Waals surface area contributed by atoms with Crippen LogP contribution in [0.5, 0.6) is 17.2 Å². The van der Waals surface area contributed by atoms with E-state index in [0.29, 0.717) is 39.5 Å². The van der Waals surface area contributed by atoms with Crippen LogP contribution < -0.4 is 14.2 Å². The highest BCUT2D eigenvalue weighted by atomic mass is 16.5. The van der Waals surface area contributed by atoms with Crippen LogP contribution in [-0.2, 0) is 9.59 Å². The van der Waals surface area contributed by atoms with Crippen molar-refractivity contribution in [3.8, 4) is 34.4 Å². The molecule has 7 nitrogen and oxygen atoms in total. The number of carboxylic acid groups (broad SMARTS) is 1. The minimum atomic E-state index is -1.02. The monoisotopic (exact) mass is 533 g/mol. The van der Waals surface area contributed by atoms with Gasteiger partial charge < -0.3 is 19.3 Å². The number of hydrogen-bond donors (Lipinski definition) is 1. The largest absolute Gasteiger partial charge is 0.496 e. The van der Waals surface area contributed by atoms with E-state index in [1.807, 2.05) is 12.1 Å². The summed E-state index contributed by atoms with van der Waals surface area (Å²) in [6.45, 7) is 0. The van der Waals surface area contributed by atoms with Crippen molar-refractivity contribution in [2.75, 3.05) is 14.2 Å². The highest BCUT2D eigenvalue weighted by Gasteiger charge is 2.60. The SMILES string of the molecule is COc1ccccc1C1C(C(=O)O)[C@H](c2ccccc2OC)C1C(=O)Oc1ccccc1-c1ccc(C#N)cc1. The first-order valence-corrected chi connectivity index (χ1v) is 12.8. The normalized spacial score (nSPS) is 19.5. The first kappa shape index (κ1) is 26.5. The molecule has 0 aromatic heterocycles. The molecule has 4 aromatic carbocycles. The second kappa shape index (κ2) is 11.3. The van der Waals surface area contributed by atoms with Crippen molar-refractivity contribution < 1.29 is 28.9 Å². The van der Waals surface area contributed by atoms with Gasteiger partial charge in [-0.3, -0.25) is 9.59 Å². The van der Waals surface area contributed by atoms with Gasteiger partial charge in [-0.1, -0.05) is 66.7 Å². The Morgan fingerprint density at radius 1 is 0.700 bits per heavy atom. The van der Waals surface area contributed by atoms with Crippen LogP contribution >= 0.6 is 0 Å². The van der Waals surface area contributed by atoms with Gasteiger partial charge in [0.1, 0.15) is 17.2 Å².